The number of anilines is 1. The summed E-state index contributed by atoms with van der Waals surface area (Å²) in [5, 5.41) is 16.3. The number of aromatic nitrogens is 1. The number of nitrogens with one attached hydrogen (secondary N) is 3. The molecule has 5 rings (SSSR count). The normalized spacial score (nSPS) is 19.5. The minimum absolute atomic E-state index is 0.0509. The van der Waals surface area contributed by atoms with Gasteiger partial charge in [0.05, 0.1) is 25.0 Å². The summed E-state index contributed by atoms with van der Waals surface area (Å²) in [6.45, 7) is 5.29. The molecule has 0 bridgehead atoms. The van der Waals surface area contributed by atoms with Crippen molar-refractivity contribution in [3.05, 3.63) is 70.7 Å². The van der Waals surface area contributed by atoms with Crippen LogP contribution in [0.5, 0.6) is 11.5 Å². The molecular weight excluding hydrogens is 644 g/mol. The van der Waals surface area contributed by atoms with E-state index in [1.807, 2.05) is 0 Å². The molecule has 3 atom stereocenters. The van der Waals surface area contributed by atoms with Crippen LogP contribution < -0.4 is 24.8 Å². The molecule has 2 amide bonds. The predicted molar refractivity (Wildman–Crippen MR) is 166 cm³/mol. The first-order valence-corrected chi connectivity index (χ1v) is 15.7. The first kappa shape index (κ1) is 34.4. The predicted octanol–water partition coefficient (Wildman–Crippen LogP) is 4.62. The molecule has 2 aromatic carbocycles. The third-order valence-corrected chi connectivity index (χ3v) is 9.76. The molecule has 15 heteroatoms. The van der Waals surface area contributed by atoms with Gasteiger partial charge in [0.1, 0.15) is 34.2 Å². The number of ether oxygens (including phenoxy) is 2. The lowest BCUT2D eigenvalue weighted by Gasteiger charge is -2.33. The molecule has 47 heavy (non-hydrogen) atoms. The third kappa shape index (κ3) is 6.62. The summed E-state index contributed by atoms with van der Waals surface area (Å²) in [5.41, 5.74) is -4.77. The summed E-state index contributed by atoms with van der Waals surface area (Å²) in [6, 6.07) is 8.55. The van der Waals surface area contributed by atoms with E-state index in [4.69, 9.17) is 9.47 Å². The fourth-order valence-corrected chi connectivity index (χ4v) is 6.13. The van der Waals surface area contributed by atoms with E-state index < -0.39 is 57.4 Å². The highest BCUT2D eigenvalue weighted by Crippen LogP contribution is 2.47. The smallest absolute Gasteiger partial charge is 0.424 e. The quantitative estimate of drug-likeness (QED) is 0.200. The maximum absolute atomic E-state index is 14.9. The van der Waals surface area contributed by atoms with Crippen LogP contribution in [0.15, 0.2) is 42.5 Å². The molecule has 0 spiro atoms. The minimum atomic E-state index is -5.35. The van der Waals surface area contributed by atoms with E-state index in [2.05, 4.69) is 20.3 Å². The molecule has 2 aliphatic rings. The zero-order valence-electron chi connectivity index (χ0n) is 26.2. The molecule has 3 unspecified atom stereocenters. The minimum Gasteiger partial charge on any atom is -0.598 e. The number of rotatable bonds is 8. The summed E-state index contributed by atoms with van der Waals surface area (Å²) >= 11 is -1.68. The van der Waals surface area contributed by atoms with Crippen LogP contribution in [0.1, 0.15) is 61.3 Å². The van der Waals surface area contributed by atoms with E-state index in [0.717, 1.165) is 18.2 Å². The van der Waals surface area contributed by atoms with Crippen molar-refractivity contribution in [3.8, 4) is 22.8 Å². The van der Waals surface area contributed by atoms with Gasteiger partial charge >= 0.3 is 6.18 Å². The van der Waals surface area contributed by atoms with E-state index in [0.29, 0.717) is 11.3 Å². The lowest BCUT2D eigenvalue weighted by molar-refractivity contribution is -0.265. The van der Waals surface area contributed by atoms with Crippen LogP contribution >= 0.6 is 0 Å². The van der Waals surface area contributed by atoms with Crippen molar-refractivity contribution in [1.29, 1.82) is 0 Å². The average Bonchev–Trinajstić information content (AvgIpc) is 3.33. The van der Waals surface area contributed by atoms with E-state index in [1.54, 1.807) is 27.7 Å². The molecule has 3 aromatic rings. The second kappa shape index (κ2) is 12.3. The van der Waals surface area contributed by atoms with E-state index in [-0.39, 0.29) is 59.2 Å². The number of benzene rings is 2. The second-order valence-electron chi connectivity index (χ2n) is 12.6. The summed E-state index contributed by atoms with van der Waals surface area (Å²) < 4.78 is 84.9. The molecule has 10 nitrogen and oxygen atoms in total. The number of halogens is 4. The SMILES string of the molecule is COc1cc(C(=O)NCC(O)(c2cc3c(c(-c4ccc(F)cc4)n2)OCC3(C)N[S+]([O-])C(C)(C)C)C(F)(F)F)cc2c1NC(=O)CC2. The Labute approximate surface area is 271 Å². The van der Waals surface area contributed by atoms with Gasteiger partial charge in [-0.25, -0.2) is 9.37 Å². The van der Waals surface area contributed by atoms with Crippen LogP contribution in [0.3, 0.4) is 0 Å². The molecule has 0 aliphatic carbocycles. The Morgan fingerprint density at radius 1 is 1.17 bits per heavy atom. The van der Waals surface area contributed by atoms with Gasteiger partial charge in [0.15, 0.2) is 5.75 Å². The molecule has 3 heterocycles. The number of amides is 2. The number of nitrogens with zero attached hydrogens (tertiary/aromatic N) is 1. The van der Waals surface area contributed by atoms with Gasteiger partial charge in [-0.2, -0.15) is 13.2 Å². The Bertz CT molecular complexity index is 1700. The Morgan fingerprint density at radius 3 is 2.47 bits per heavy atom. The number of methoxy groups -OCH3 is 1. The largest absolute Gasteiger partial charge is 0.598 e. The van der Waals surface area contributed by atoms with Crippen LogP contribution in [0.4, 0.5) is 23.2 Å². The number of pyridine rings is 1. The van der Waals surface area contributed by atoms with Gasteiger partial charge in [-0.05, 0) is 82.1 Å². The highest BCUT2D eigenvalue weighted by atomic mass is 32.2. The maximum atomic E-state index is 14.9. The van der Waals surface area contributed by atoms with Crippen LogP contribution in [-0.4, -0.2) is 57.6 Å². The number of aryl methyl sites for hydroxylation is 1. The summed E-state index contributed by atoms with van der Waals surface area (Å²) in [5.74, 6) is -1.56. The van der Waals surface area contributed by atoms with Crippen molar-refractivity contribution in [2.75, 3.05) is 25.6 Å². The average molecular weight is 679 g/mol. The second-order valence-corrected chi connectivity index (χ2v) is 14.6. The number of hydrogen-bond donors (Lipinski definition) is 4. The summed E-state index contributed by atoms with van der Waals surface area (Å²) in [7, 11) is 1.32. The molecule has 1 aromatic heterocycles. The molecule has 4 N–H and O–H groups in total. The molecule has 0 saturated heterocycles. The van der Waals surface area contributed by atoms with Gasteiger partial charge in [-0.1, -0.05) is 0 Å². The first-order valence-electron chi connectivity index (χ1n) is 14.6. The highest BCUT2D eigenvalue weighted by Gasteiger charge is 2.57. The monoisotopic (exact) mass is 678 g/mol. The summed E-state index contributed by atoms with van der Waals surface area (Å²) in [6.07, 6.45) is -4.92. The molecule has 0 fully saturated rings. The Balaban J connectivity index is 1.57. The number of carbonyl (C=O) groups excluding carboxylic acids is 2. The molecule has 252 valence electrons. The van der Waals surface area contributed by atoms with Crippen molar-refractivity contribution in [3.63, 3.8) is 0 Å². The van der Waals surface area contributed by atoms with Gasteiger partial charge in [0.2, 0.25) is 11.5 Å². The van der Waals surface area contributed by atoms with Crippen LogP contribution in [-0.2, 0) is 33.7 Å². The van der Waals surface area contributed by atoms with Gasteiger partial charge < -0.3 is 29.8 Å². The van der Waals surface area contributed by atoms with Crippen molar-refractivity contribution >= 4 is 28.9 Å². The summed E-state index contributed by atoms with van der Waals surface area (Å²) in [4.78, 5) is 29.3. The fourth-order valence-electron chi connectivity index (χ4n) is 5.24. The lowest BCUT2D eigenvalue weighted by atomic mass is 9.89. The maximum Gasteiger partial charge on any atom is 0.424 e. The highest BCUT2D eigenvalue weighted by molar-refractivity contribution is 7.90. The van der Waals surface area contributed by atoms with Gasteiger partial charge in [-0.15, -0.1) is 4.72 Å². The Morgan fingerprint density at radius 2 is 1.85 bits per heavy atom. The third-order valence-electron chi connectivity index (χ3n) is 8.01. The van der Waals surface area contributed by atoms with E-state index >= 15 is 0 Å². The fraction of sp³-hybridized carbons (Fsp3) is 0.406. The van der Waals surface area contributed by atoms with Crippen LogP contribution in [0.2, 0.25) is 0 Å². The van der Waals surface area contributed by atoms with Crippen molar-refractivity contribution in [2.45, 2.75) is 62.6 Å². The molecule has 0 radical (unpaired) electrons. The first-order chi connectivity index (χ1) is 21.9. The Hall–Kier alpha value is -3.92. The standard InChI is InChI=1S/C32H34F4N4O6S/c1-29(2,3)47(44)40-30(4)16-46-27-21(30)14-23(38-26(27)17-6-9-20(33)10-7-17)31(43,32(34,35)36)15-37-28(42)19-12-18-8-11-24(41)39-25(18)22(13-19)45-5/h6-7,9-10,12-14,40,43H,8,11,15-16H2,1-5H3,(H,37,42)(H,39,41). The van der Waals surface area contributed by atoms with Crippen LogP contribution in [0.25, 0.3) is 11.3 Å². The Kier molecular flexibility index (Phi) is 8.98. The van der Waals surface area contributed by atoms with Crippen molar-refractivity contribution < 1.29 is 46.3 Å². The van der Waals surface area contributed by atoms with Crippen molar-refractivity contribution in [1.82, 2.24) is 15.0 Å². The lowest BCUT2D eigenvalue weighted by Crippen LogP contribution is -2.52. The van der Waals surface area contributed by atoms with E-state index in [9.17, 15) is 36.8 Å². The zero-order chi connectivity index (χ0) is 34.5. The number of carbonyl (C=O) groups is 2. The van der Waals surface area contributed by atoms with Crippen LogP contribution in [0, 0.1) is 5.82 Å². The topological polar surface area (TPSA) is 145 Å². The van der Waals surface area contributed by atoms with Crippen molar-refractivity contribution in [2.24, 2.45) is 0 Å². The number of hydrogen-bond acceptors (Lipinski definition) is 8. The zero-order valence-corrected chi connectivity index (χ0v) is 27.0. The van der Waals surface area contributed by atoms with Gasteiger partial charge in [-0.3, -0.25) is 9.59 Å². The van der Waals surface area contributed by atoms with E-state index in [1.165, 1.54) is 31.4 Å². The molecule has 0 saturated carbocycles. The molecule has 2 aliphatic heterocycles. The molecular formula is C32H34F4N4O6S. The number of alkyl halides is 3. The number of fused-ring (bicyclic) bond motifs is 2. The number of aliphatic hydroxyl groups is 1. The van der Waals surface area contributed by atoms with Gasteiger partial charge in [0.25, 0.3) is 5.91 Å². The van der Waals surface area contributed by atoms with Gasteiger partial charge in [0, 0.05) is 34.5 Å².